The summed E-state index contributed by atoms with van der Waals surface area (Å²) in [5.41, 5.74) is 2.98. The van der Waals surface area contributed by atoms with Crippen molar-refractivity contribution in [1.29, 1.82) is 0 Å². The molecule has 0 bridgehead atoms. The second-order valence-corrected chi connectivity index (χ2v) is 11.9. The fraction of sp³-hybridized carbons (Fsp3) is 0.310. The topological polar surface area (TPSA) is 86.8 Å². The van der Waals surface area contributed by atoms with Crippen LogP contribution < -0.4 is 9.62 Å². The van der Waals surface area contributed by atoms with Gasteiger partial charge in [-0.15, -0.1) is 0 Å². The van der Waals surface area contributed by atoms with Crippen molar-refractivity contribution in [3.8, 4) is 0 Å². The zero-order chi connectivity index (χ0) is 28.0. The van der Waals surface area contributed by atoms with Crippen molar-refractivity contribution in [2.24, 2.45) is 0 Å². The van der Waals surface area contributed by atoms with Crippen molar-refractivity contribution in [2.75, 3.05) is 10.8 Å². The summed E-state index contributed by atoms with van der Waals surface area (Å²) < 4.78 is 28.7. The Morgan fingerprint density at radius 1 is 0.895 bits per heavy atom. The van der Waals surface area contributed by atoms with Crippen LogP contribution >= 0.6 is 11.6 Å². The van der Waals surface area contributed by atoms with E-state index >= 15 is 0 Å². The molecule has 0 fully saturated rings. The van der Waals surface area contributed by atoms with Gasteiger partial charge in [-0.25, -0.2) is 8.42 Å². The van der Waals surface area contributed by atoms with Crippen molar-refractivity contribution >= 4 is 39.1 Å². The number of hydrogen-bond donors (Lipinski definition) is 1. The molecule has 1 atom stereocenters. The Morgan fingerprint density at radius 3 is 2.18 bits per heavy atom. The number of anilines is 1. The molecule has 2 amide bonds. The fourth-order valence-electron chi connectivity index (χ4n) is 3.95. The number of nitrogens with zero attached hydrogens (tertiary/aromatic N) is 2. The molecule has 0 radical (unpaired) electrons. The highest BCUT2D eigenvalue weighted by molar-refractivity contribution is 7.92. The van der Waals surface area contributed by atoms with Crippen LogP contribution in [0.2, 0.25) is 5.02 Å². The van der Waals surface area contributed by atoms with Crippen LogP contribution in [0.5, 0.6) is 0 Å². The number of aryl methyl sites for hydroxylation is 2. The predicted octanol–water partition coefficient (Wildman–Crippen LogP) is 5.09. The predicted molar refractivity (Wildman–Crippen MR) is 152 cm³/mol. The number of nitrogens with one attached hydrogen (secondary N) is 1. The Kier molecular flexibility index (Phi) is 9.57. The Balaban J connectivity index is 2.05. The molecule has 0 unspecified atom stereocenters. The third-order valence-corrected chi connectivity index (χ3v) is 8.25. The molecule has 9 heteroatoms. The van der Waals surface area contributed by atoms with Gasteiger partial charge < -0.3 is 10.2 Å². The standard InChI is InChI=1S/C29H34ClN3O4S/c1-20(2)31-29(35)23(5)32(18-24-10-9-11-25(30)17-24)28(34)19-33(26-15-14-21(3)22(4)16-26)38(36,37)27-12-7-6-8-13-27/h6-17,20,23H,18-19H2,1-5H3,(H,31,35)/t23-/m0/s1. The quantitative estimate of drug-likeness (QED) is 0.377. The maximum absolute atomic E-state index is 13.9. The van der Waals surface area contributed by atoms with Gasteiger partial charge in [-0.1, -0.05) is 48.0 Å². The average molecular weight is 556 g/mol. The fourth-order valence-corrected chi connectivity index (χ4v) is 5.59. The van der Waals surface area contributed by atoms with E-state index in [1.807, 2.05) is 33.8 Å². The lowest BCUT2D eigenvalue weighted by molar-refractivity contribution is -0.139. The Bertz CT molecular complexity index is 1390. The summed E-state index contributed by atoms with van der Waals surface area (Å²) in [4.78, 5) is 28.3. The third kappa shape index (κ3) is 7.14. The van der Waals surface area contributed by atoms with Crippen LogP contribution in [0.1, 0.15) is 37.5 Å². The van der Waals surface area contributed by atoms with Crippen LogP contribution in [0.3, 0.4) is 0 Å². The molecule has 0 aliphatic heterocycles. The number of benzene rings is 3. The first kappa shape index (κ1) is 29.2. The molecule has 3 aromatic carbocycles. The molecule has 38 heavy (non-hydrogen) atoms. The van der Waals surface area contributed by atoms with Gasteiger partial charge in [-0.3, -0.25) is 13.9 Å². The summed E-state index contributed by atoms with van der Waals surface area (Å²) in [7, 11) is -4.09. The van der Waals surface area contributed by atoms with Crippen LogP contribution in [-0.2, 0) is 26.2 Å². The smallest absolute Gasteiger partial charge is 0.264 e. The van der Waals surface area contributed by atoms with Crippen LogP contribution in [0.15, 0.2) is 77.7 Å². The monoisotopic (exact) mass is 555 g/mol. The maximum Gasteiger partial charge on any atom is 0.264 e. The summed E-state index contributed by atoms with van der Waals surface area (Å²) in [6, 6.07) is 19.3. The summed E-state index contributed by atoms with van der Waals surface area (Å²) in [6.07, 6.45) is 0. The molecule has 0 aliphatic rings. The van der Waals surface area contributed by atoms with E-state index in [1.54, 1.807) is 61.5 Å². The van der Waals surface area contributed by atoms with E-state index in [-0.39, 0.29) is 23.4 Å². The van der Waals surface area contributed by atoms with Gasteiger partial charge in [0.05, 0.1) is 10.6 Å². The lowest BCUT2D eigenvalue weighted by Gasteiger charge is -2.32. The van der Waals surface area contributed by atoms with Crippen LogP contribution in [0, 0.1) is 13.8 Å². The molecule has 1 N–H and O–H groups in total. The minimum Gasteiger partial charge on any atom is -0.352 e. The lowest BCUT2D eigenvalue weighted by atomic mass is 10.1. The molecule has 0 aliphatic carbocycles. The number of rotatable bonds is 10. The van der Waals surface area contributed by atoms with Gasteiger partial charge >= 0.3 is 0 Å². The molecular weight excluding hydrogens is 522 g/mol. The summed E-state index contributed by atoms with van der Waals surface area (Å²) in [6.45, 7) is 8.72. The SMILES string of the molecule is Cc1ccc(N(CC(=O)N(Cc2cccc(Cl)c2)[C@@H](C)C(=O)NC(C)C)S(=O)(=O)c2ccccc2)cc1C. The molecule has 7 nitrogen and oxygen atoms in total. The van der Waals surface area contributed by atoms with E-state index in [4.69, 9.17) is 11.6 Å². The van der Waals surface area contributed by atoms with Crippen LogP contribution in [-0.4, -0.2) is 43.8 Å². The Labute approximate surface area is 230 Å². The first-order valence-corrected chi connectivity index (χ1v) is 14.2. The summed E-state index contributed by atoms with van der Waals surface area (Å²) >= 11 is 6.17. The minimum atomic E-state index is -4.09. The molecular formula is C29H34ClN3O4S. The van der Waals surface area contributed by atoms with E-state index in [2.05, 4.69) is 5.32 Å². The van der Waals surface area contributed by atoms with E-state index in [0.717, 1.165) is 21.0 Å². The average Bonchev–Trinajstić information content (AvgIpc) is 2.87. The van der Waals surface area contributed by atoms with E-state index in [1.165, 1.54) is 17.0 Å². The molecule has 0 saturated carbocycles. The molecule has 3 aromatic rings. The second kappa shape index (κ2) is 12.5. The highest BCUT2D eigenvalue weighted by Gasteiger charge is 2.32. The number of carbonyl (C=O) groups excluding carboxylic acids is 2. The normalized spacial score (nSPS) is 12.2. The maximum atomic E-state index is 13.9. The minimum absolute atomic E-state index is 0.0676. The van der Waals surface area contributed by atoms with Gasteiger partial charge in [-0.2, -0.15) is 0 Å². The van der Waals surface area contributed by atoms with Gasteiger partial charge in [0.15, 0.2) is 0 Å². The van der Waals surface area contributed by atoms with E-state index < -0.39 is 28.5 Å². The second-order valence-electron chi connectivity index (χ2n) is 9.58. The first-order valence-electron chi connectivity index (χ1n) is 12.4. The van der Waals surface area contributed by atoms with Crippen molar-refractivity contribution < 1.29 is 18.0 Å². The highest BCUT2D eigenvalue weighted by Crippen LogP contribution is 2.26. The molecule has 3 rings (SSSR count). The number of hydrogen-bond acceptors (Lipinski definition) is 4. The van der Waals surface area contributed by atoms with Gasteiger partial charge in [0, 0.05) is 17.6 Å². The van der Waals surface area contributed by atoms with E-state index in [9.17, 15) is 18.0 Å². The van der Waals surface area contributed by atoms with Gasteiger partial charge in [0.1, 0.15) is 12.6 Å². The third-order valence-electron chi connectivity index (χ3n) is 6.23. The van der Waals surface area contributed by atoms with Crippen molar-refractivity contribution in [3.63, 3.8) is 0 Å². The highest BCUT2D eigenvalue weighted by atomic mass is 35.5. The largest absolute Gasteiger partial charge is 0.352 e. The first-order chi connectivity index (χ1) is 17.9. The van der Waals surface area contributed by atoms with E-state index in [0.29, 0.717) is 10.7 Å². The van der Waals surface area contributed by atoms with Gasteiger partial charge in [-0.05, 0) is 87.7 Å². The molecule has 0 spiro atoms. The molecule has 0 aromatic heterocycles. The van der Waals surface area contributed by atoms with Crippen LogP contribution in [0.25, 0.3) is 0 Å². The molecule has 0 heterocycles. The number of carbonyl (C=O) groups is 2. The number of amides is 2. The summed E-state index contributed by atoms with van der Waals surface area (Å²) in [5, 5.41) is 3.34. The Hall–Kier alpha value is -3.36. The van der Waals surface area contributed by atoms with Gasteiger partial charge in [0.25, 0.3) is 10.0 Å². The number of sulfonamides is 1. The lowest BCUT2D eigenvalue weighted by Crippen LogP contribution is -2.52. The molecule has 202 valence electrons. The zero-order valence-corrected chi connectivity index (χ0v) is 23.9. The Morgan fingerprint density at radius 2 is 1.58 bits per heavy atom. The van der Waals surface area contributed by atoms with Crippen molar-refractivity contribution in [2.45, 2.75) is 58.1 Å². The zero-order valence-electron chi connectivity index (χ0n) is 22.3. The van der Waals surface area contributed by atoms with Crippen molar-refractivity contribution in [3.05, 3.63) is 94.5 Å². The number of halogens is 1. The van der Waals surface area contributed by atoms with Crippen molar-refractivity contribution in [1.82, 2.24) is 10.2 Å². The summed E-state index contributed by atoms with van der Waals surface area (Å²) in [5.74, 6) is -0.854. The van der Waals surface area contributed by atoms with Crippen LogP contribution in [0.4, 0.5) is 5.69 Å². The molecule has 0 saturated heterocycles. The van der Waals surface area contributed by atoms with Gasteiger partial charge in [0.2, 0.25) is 11.8 Å².